The van der Waals surface area contributed by atoms with E-state index in [-0.39, 0.29) is 0 Å². The molecule has 8 rings (SSSR count). The quantitative estimate of drug-likeness (QED) is 0.308. The van der Waals surface area contributed by atoms with E-state index in [4.69, 9.17) is 4.74 Å². The van der Waals surface area contributed by atoms with E-state index in [0.717, 1.165) is 44.3 Å². The third kappa shape index (κ3) is 3.44. The number of pyridine rings is 4. The molecular formula is C30H22N8O. The van der Waals surface area contributed by atoms with Crippen LogP contribution in [0.2, 0.25) is 0 Å². The lowest BCUT2D eigenvalue weighted by molar-refractivity contribution is 0.0339. The largest absolute Gasteiger partial charge is 0.356 e. The van der Waals surface area contributed by atoms with Gasteiger partial charge in [0.1, 0.15) is 12.2 Å². The molecule has 9 nitrogen and oxygen atoms in total. The molecule has 188 valence electrons. The molecule has 0 bridgehead atoms. The van der Waals surface area contributed by atoms with Crippen LogP contribution in [0.4, 0.5) is 0 Å². The molecule has 0 unspecified atom stereocenters. The second-order valence-corrected chi connectivity index (χ2v) is 9.42. The van der Waals surface area contributed by atoms with Crippen LogP contribution >= 0.6 is 0 Å². The van der Waals surface area contributed by atoms with Crippen molar-refractivity contribution in [3.63, 3.8) is 0 Å². The van der Waals surface area contributed by atoms with Gasteiger partial charge in [0.2, 0.25) is 0 Å². The number of aromatic nitrogens is 8. The van der Waals surface area contributed by atoms with Gasteiger partial charge in [0, 0.05) is 47.0 Å². The summed E-state index contributed by atoms with van der Waals surface area (Å²) in [6, 6.07) is 24.2. The van der Waals surface area contributed by atoms with Gasteiger partial charge in [-0.2, -0.15) is 20.4 Å². The Balaban J connectivity index is 1.37. The second-order valence-electron chi connectivity index (χ2n) is 9.42. The zero-order valence-electron chi connectivity index (χ0n) is 20.7. The number of fused-ring (bicyclic) bond motifs is 4. The minimum absolute atomic E-state index is 0.480. The topological polar surface area (TPSA) is 78.4 Å². The molecule has 9 heteroatoms. The van der Waals surface area contributed by atoms with Crippen LogP contribution in [-0.4, -0.2) is 38.5 Å². The fourth-order valence-corrected chi connectivity index (χ4v) is 5.39. The number of hydrogen-bond acceptors (Lipinski definition) is 5. The minimum Gasteiger partial charge on any atom is -0.356 e. The highest BCUT2D eigenvalue weighted by atomic mass is 16.5. The lowest BCUT2D eigenvalue weighted by Gasteiger charge is -2.24. The van der Waals surface area contributed by atoms with Crippen LogP contribution < -0.4 is 0 Å². The summed E-state index contributed by atoms with van der Waals surface area (Å²) in [5.74, 6) is 0. The molecule has 8 aromatic rings. The van der Waals surface area contributed by atoms with Crippen molar-refractivity contribution >= 4 is 22.1 Å². The van der Waals surface area contributed by atoms with Crippen LogP contribution in [0.5, 0.6) is 0 Å². The van der Waals surface area contributed by atoms with Crippen molar-refractivity contribution in [2.75, 3.05) is 0 Å². The maximum Gasteiger partial charge on any atom is 0.116 e. The SMILES string of the molecule is c1ccn2ncc(C(OC(c3cnn4ccccc34)c3cnn4ccccc34)c3cnn4ccccc34)c2c1. The van der Waals surface area contributed by atoms with Gasteiger partial charge in [-0.25, -0.2) is 18.1 Å². The van der Waals surface area contributed by atoms with Crippen LogP contribution in [0, 0.1) is 0 Å². The predicted octanol–water partition coefficient (Wildman–Crippen LogP) is 5.17. The number of rotatable bonds is 6. The average Bonchev–Trinajstić information content (AvgIpc) is 3.79. The number of ether oxygens (including phenoxy) is 1. The molecule has 0 saturated carbocycles. The molecule has 0 atom stereocenters. The molecule has 0 spiro atoms. The summed E-state index contributed by atoms with van der Waals surface area (Å²) in [5.41, 5.74) is 7.68. The van der Waals surface area contributed by atoms with Crippen molar-refractivity contribution in [1.29, 1.82) is 0 Å². The van der Waals surface area contributed by atoms with Crippen molar-refractivity contribution in [3.8, 4) is 0 Å². The monoisotopic (exact) mass is 510 g/mol. The highest BCUT2D eigenvalue weighted by Crippen LogP contribution is 2.40. The Kier molecular flexibility index (Phi) is 4.82. The maximum atomic E-state index is 7.25. The first-order valence-electron chi connectivity index (χ1n) is 12.7. The van der Waals surface area contributed by atoms with E-state index in [9.17, 15) is 0 Å². The normalized spacial score (nSPS) is 12.2. The number of nitrogens with zero attached hydrogens (tertiary/aromatic N) is 8. The highest BCUT2D eigenvalue weighted by molar-refractivity contribution is 5.65. The molecule has 0 aliphatic rings. The van der Waals surface area contributed by atoms with E-state index in [0.29, 0.717) is 0 Å². The third-order valence-corrected chi connectivity index (χ3v) is 7.23. The van der Waals surface area contributed by atoms with Gasteiger partial charge in [-0.1, -0.05) is 24.3 Å². The van der Waals surface area contributed by atoms with Gasteiger partial charge in [-0.05, 0) is 48.5 Å². The van der Waals surface area contributed by atoms with Crippen molar-refractivity contribution in [1.82, 2.24) is 38.5 Å². The molecule has 8 aromatic heterocycles. The van der Waals surface area contributed by atoms with E-state index in [2.05, 4.69) is 44.7 Å². The van der Waals surface area contributed by atoms with E-state index in [1.54, 1.807) is 0 Å². The summed E-state index contributed by atoms with van der Waals surface area (Å²) < 4.78 is 14.7. The van der Waals surface area contributed by atoms with Crippen LogP contribution in [0.1, 0.15) is 34.5 Å². The van der Waals surface area contributed by atoms with Gasteiger partial charge in [0.05, 0.1) is 46.9 Å². The standard InChI is InChI=1S/C30H22N8O/c1-5-13-35-25(9-1)21(17-31-35)29(22-18-32-36-14-6-2-10-26(22)36)39-30(23-19-33-37-15-7-3-11-27(23)37)24-20-34-38-16-8-4-12-28(24)38/h1-20,29-30H. The van der Waals surface area contributed by atoms with E-state index < -0.39 is 12.2 Å². The first-order valence-corrected chi connectivity index (χ1v) is 12.7. The fraction of sp³-hybridized carbons (Fsp3) is 0.0667. The second kappa shape index (κ2) is 8.64. The van der Waals surface area contributed by atoms with Crippen LogP contribution in [0.15, 0.2) is 122 Å². The van der Waals surface area contributed by atoms with E-state index >= 15 is 0 Å². The zero-order chi connectivity index (χ0) is 25.8. The Morgan fingerprint density at radius 1 is 0.410 bits per heavy atom. The minimum atomic E-state index is -0.480. The molecule has 0 aliphatic heterocycles. The van der Waals surface area contributed by atoms with Gasteiger partial charge in [-0.15, -0.1) is 0 Å². The first-order chi connectivity index (χ1) is 19.3. The van der Waals surface area contributed by atoms with E-state index in [1.807, 2.05) is 116 Å². The lowest BCUT2D eigenvalue weighted by atomic mass is 10.00. The van der Waals surface area contributed by atoms with Crippen LogP contribution in [0.25, 0.3) is 22.1 Å². The summed E-state index contributed by atoms with van der Waals surface area (Å²) in [7, 11) is 0. The van der Waals surface area contributed by atoms with Crippen molar-refractivity contribution < 1.29 is 4.74 Å². The molecule has 0 amide bonds. The smallest absolute Gasteiger partial charge is 0.116 e. The van der Waals surface area contributed by atoms with Crippen LogP contribution in [-0.2, 0) is 4.74 Å². The Hall–Kier alpha value is -5.28. The summed E-state index contributed by atoms with van der Waals surface area (Å²) in [6.07, 6.45) is 14.4. The van der Waals surface area contributed by atoms with Crippen molar-refractivity contribution in [3.05, 3.63) is 145 Å². The van der Waals surface area contributed by atoms with E-state index in [1.165, 1.54) is 0 Å². The molecule has 0 N–H and O–H groups in total. The molecule has 0 saturated heterocycles. The van der Waals surface area contributed by atoms with Crippen LogP contribution in [0.3, 0.4) is 0 Å². The zero-order valence-corrected chi connectivity index (χ0v) is 20.7. The molecule has 0 radical (unpaired) electrons. The third-order valence-electron chi connectivity index (χ3n) is 7.23. The Labute approximate surface area is 222 Å². The van der Waals surface area contributed by atoms with Gasteiger partial charge >= 0.3 is 0 Å². The molecule has 0 fully saturated rings. The summed E-state index contributed by atoms with van der Waals surface area (Å²) in [6.45, 7) is 0. The van der Waals surface area contributed by atoms with Gasteiger partial charge < -0.3 is 4.74 Å². The van der Waals surface area contributed by atoms with Gasteiger partial charge in [0.25, 0.3) is 0 Å². The molecule has 8 heterocycles. The predicted molar refractivity (Wildman–Crippen MR) is 146 cm³/mol. The lowest BCUT2D eigenvalue weighted by Crippen LogP contribution is -2.13. The van der Waals surface area contributed by atoms with Gasteiger partial charge in [0.15, 0.2) is 0 Å². The Morgan fingerprint density at radius 3 is 0.974 bits per heavy atom. The van der Waals surface area contributed by atoms with Gasteiger partial charge in [-0.3, -0.25) is 0 Å². The van der Waals surface area contributed by atoms with Crippen molar-refractivity contribution in [2.24, 2.45) is 0 Å². The summed E-state index contributed by atoms with van der Waals surface area (Å²) in [5, 5.41) is 18.6. The first kappa shape index (κ1) is 21.8. The summed E-state index contributed by atoms with van der Waals surface area (Å²) in [4.78, 5) is 0. The van der Waals surface area contributed by atoms with Crippen molar-refractivity contribution in [2.45, 2.75) is 12.2 Å². The average molecular weight is 511 g/mol. The fourth-order valence-electron chi connectivity index (χ4n) is 5.39. The Morgan fingerprint density at radius 2 is 0.692 bits per heavy atom. The maximum absolute atomic E-state index is 7.25. The number of hydrogen-bond donors (Lipinski definition) is 0. The summed E-state index contributed by atoms with van der Waals surface area (Å²) >= 11 is 0. The molecule has 0 aliphatic carbocycles. The highest BCUT2D eigenvalue weighted by Gasteiger charge is 2.31. The molecule has 0 aromatic carbocycles. The molecule has 39 heavy (non-hydrogen) atoms. The molecular weight excluding hydrogens is 488 g/mol. The Bertz CT molecular complexity index is 1800.